The van der Waals surface area contributed by atoms with E-state index in [1.54, 1.807) is 6.07 Å². The average Bonchev–Trinajstić information content (AvgIpc) is 2.36. The van der Waals surface area contributed by atoms with Crippen molar-refractivity contribution < 1.29 is 14.3 Å². The number of amidine groups is 1. The summed E-state index contributed by atoms with van der Waals surface area (Å²) in [6, 6.07) is 3.05. The van der Waals surface area contributed by atoms with E-state index in [9.17, 15) is 4.39 Å². The van der Waals surface area contributed by atoms with Crippen molar-refractivity contribution in [1.82, 2.24) is 0 Å². The normalized spacial score (nSPS) is 16.2. The molecule has 0 heterocycles. The molecule has 2 rings (SSSR count). The number of halogens is 2. The smallest absolute Gasteiger partial charge is 0.179 e. The van der Waals surface area contributed by atoms with Gasteiger partial charge in [-0.1, -0.05) is 24.4 Å². The minimum atomic E-state index is -0.530. The van der Waals surface area contributed by atoms with Crippen molar-refractivity contribution >= 4 is 21.8 Å². The highest BCUT2D eigenvalue weighted by molar-refractivity contribution is 9.10. The first-order valence-corrected chi connectivity index (χ1v) is 7.01. The van der Waals surface area contributed by atoms with Crippen molar-refractivity contribution in [2.45, 2.75) is 25.7 Å². The van der Waals surface area contributed by atoms with Crippen molar-refractivity contribution in [2.24, 2.45) is 16.8 Å². The molecule has 6 heteroatoms. The lowest BCUT2D eigenvalue weighted by Crippen LogP contribution is -2.16. The fourth-order valence-corrected chi connectivity index (χ4v) is 2.54. The summed E-state index contributed by atoms with van der Waals surface area (Å²) in [5.74, 6) is 0.230. The van der Waals surface area contributed by atoms with Crippen molar-refractivity contribution in [3.63, 3.8) is 0 Å². The van der Waals surface area contributed by atoms with Crippen LogP contribution >= 0.6 is 15.9 Å². The maximum atomic E-state index is 14.0. The molecule has 4 nitrogen and oxygen atoms in total. The lowest BCUT2D eigenvalue weighted by molar-refractivity contribution is 0.216. The third-order valence-corrected chi connectivity index (χ3v) is 4.21. The van der Waals surface area contributed by atoms with Gasteiger partial charge in [0.2, 0.25) is 0 Å². The first-order chi connectivity index (χ1) is 9.13. The lowest BCUT2D eigenvalue weighted by Gasteiger charge is -2.25. The van der Waals surface area contributed by atoms with Gasteiger partial charge in [0.05, 0.1) is 11.1 Å². The van der Waals surface area contributed by atoms with Gasteiger partial charge < -0.3 is 15.7 Å². The van der Waals surface area contributed by atoms with Crippen LogP contribution in [0.1, 0.15) is 31.2 Å². The molecule has 0 spiro atoms. The maximum Gasteiger partial charge on any atom is 0.179 e. The topological polar surface area (TPSA) is 67.8 Å². The lowest BCUT2D eigenvalue weighted by atomic mass is 9.83. The molecule has 3 N–H and O–H groups in total. The van der Waals surface area contributed by atoms with Gasteiger partial charge >= 0.3 is 0 Å². The van der Waals surface area contributed by atoms with E-state index in [1.807, 2.05) is 0 Å². The van der Waals surface area contributed by atoms with Crippen molar-refractivity contribution in [3.05, 3.63) is 28.0 Å². The number of hydrogen-bond donors (Lipinski definition) is 2. The molecule has 104 valence electrons. The molecule has 0 unspecified atom stereocenters. The van der Waals surface area contributed by atoms with E-state index in [2.05, 4.69) is 21.1 Å². The van der Waals surface area contributed by atoms with Crippen molar-refractivity contribution in [1.29, 1.82) is 0 Å². The zero-order chi connectivity index (χ0) is 13.8. The van der Waals surface area contributed by atoms with Gasteiger partial charge in [-0.2, -0.15) is 0 Å². The molecule has 1 saturated carbocycles. The van der Waals surface area contributed by atoms with E-state index in [1.165, 1.54) is 25.3 Å². The van der Waals surface area contributed by atoms with Crippen LogP contribution < -0.4 is 10.5 Å². The van der Waals surface area contributed by atoms with E-state index in [0.717, 1.165) is 12.3 Å². The van der Waals surface area contributed by atoms with Gasteiger partial charge in [-0.25, -0.2) is 4.39 Å². The van der Waals surface area contributed by atoms with Crippen LogP contribution in [0.25, 0.3) is 0 Å². The molecule has 0 aliphatic heterocycles. The summed E-state index contributed by atoms with van der Waals surface area (Å²) in [7, 11) is 0. The highest BCUT2D eigenvalue weighted by Crippen LogP contribution is 2.31. The molecule has 19 heavy (non-hydrogen) atoms. The molecular weight excluding hydrogens is 315 g/mol. The molecule has 0 amide bonds. The Kier molecular flexibility index (Phi) is 4.63. The SMILES string of the molecule is N/C(=N/O)c1ccc(OCCC2CCC2)c(F)c1Br. The summed E-state index contributed by atoms with van der Waals surface area (Å²) in [4.78, 5) is 0. The van der Waals surface area contributed by atoms with Crippen LogP contribution in [0, 0.1) is 11.7 Å². The van der Waals surface area contributed by atoms with Gasteiger partial charge in [0.15, 0.2) is 17.4 Å². The Labute approximate surface area is 119 Å². The van der Waals surface area contributed by atoms with Crippen molar-refractivity contribution in [2.75, 3.05) is 6.61 Å². The van der Waals surface area contributed by atoms with Gasteiger partial charge in [-0.15, -0.1) is 0 Å². The van der Waals surface area contributed by atoms with E-state index in [-0.39, 0.29) is 16.1 Å². The molecule has 1 aromatic rings. The molecule has 0 radical (unpaired) electrons. The van der Waals surface area contributed by atoms with Crippen LogP contribution in [0.2, 0.25) is 0 Å². The van der Waals surface area contributed by atoms with Crippen LogP contribution in [-0.2, 0) is 0 Å². The Morgan fingerprint density at radius 3 is 2.84 bits per heavy atom. The average molecular weight is 331 g/mol. The number of rotatable bonds is 5. The molecule has 0 bridgehead atoms. The standard InChI is InChI=1S/C13H16BrFN2O2/c14-11-9(13(16)17-18)4-5-10(12(11)15)19-7-6-8-2-1-3-8/h4-5,8,18H,1-3,6-7H2,(H2,16,17). The number of nitrogens with zero attached hydrogens (tertiary/aromatic N) is 1. The zero-order valence-electron chi connectivity index (χ0n) is 10.4. The van der Waals surface area contributed by atoms with Crippen LogP contribution in [0.4, 0.5) is 4.39 Å². The Morgan fingerprint density at radius 1 is 1.53 bits per heavy atom. The van der Waals surface area contributed by atoms with E-state index in [0.29, 0.717) is 12.2 Å². The summed E-state index contributed by atoms with van der Waals surface area (Å²) in [5, 5.41) is 11.4. The Morgan fingerprint density at radius 2 is 2.26 bits per heavy atom. The summed E-state index contributed by atoms with van der Waals surface area (Å²) >= 11 is 3.09. The van der Waals surface area contributed by atoms with Crippen LogP contribution in [0.3, 0.4) is 0 Å². The number of ether oxygens (including phenoxy) is 1. The monoisotopic (exact) mass is 330 g/mol. The van der Waals surface area contributed by atoms with Gasteiger partial charge in [0.25, 0.3) is 0 Å². The Balaban J connectivity index is 2.03. The Hall–Kier alpha value is -1.30. The number of nitrogens with two attached hydrogens (primary N) is 1. The second-order valence-corrected chi connectivity index (χ2v) is 5.45. The third kappa shape index (κ3) is 3.18. The first-order valence-electron chi connectivity index (χ1n) is 6.22. The molecule has 0 aromatic heterocycles. The molecule has 1 fully saturated rings. The quantitative estimate of drug-likeness (QED) is 0.377. The fraction of sp³-hybridized carbons (Fsp3) is 0.462. The van der Waals surface area contributed by atoms with E-state index in [4.69, 9.17) is 15.7 Å². The molecule has 0 saturated heterocycles. The van der Waals surface area contributed by atoms with E-state index >= 15 is 0 Å². The number of hydrogen-bond acceptors (Lipinski definition) is 3. The molecule has 1 aliphatic carbocycles. The summed E-state index contributed by atoms with van der Waals surface area (Å²) < 4.78 is 19.6. The fourth-order valence-electron chi connectivity index (χ4n) is 2.01. The van der Waals surface area contributed by atoms with E-state index < -0.39 is 5.82 Å². The third-order valence-electron chi connectivity index (χ3n) is 3.44. The Bertz CT molecular complexity index is 490. The van der Waals surface area contributed by atoms with Crippen LogP contribution in [-0.4, -0.2) is 17.6 Å². The maximum absolute atomic E-state index is 14.0. The van der Waals surface area contributed by atoms with Gasteiger partial charge in [0.1, 0.15) is 0 Å². The van der Waals surface area contributed by atoms with Crippen LogP contribution in [0.5, 0.6) is 5.75 Å². The molecule has 1 aromatic carbocycles. The first kappa shape index (κ1) is 14.1. The highest BCUT2D eigenvalue weighted by Gasteiger charge is 2.18. The summed E-state index contributed by atoms with van der Waals surface area (Å²) in [6.45, 7) is 0.511. The highest BCUT2D eigenvalue weighted by atomic mass is 79.9. The predicted molar refractivity (Wildman–Crippen MR) is 74.1 cm³/mol. The summed E-state index contributed by atoms with van der Waals surface area (Å²) in [6.07, 6.45) is 4.74. The van der Waals surface area contributed by atoms with Gasteiger partial charge in [0, 0.05) is 5.56 Å². The zero-order valence-corrected chi connectivity index (χ0v) is 12.0. The minimum absolute atomic E-state index is 0.143. The minimum Gasteiger partial charge on any atom is -0.490 e. The summed E-state index contributed by atoms with van der Waals surface area (Å²) in [5.41, 5.74) is 5.74. The largest absolute Gasteiger partial charge is 0.490 e. The number of oxime groups is 1. The molecule has 0 atom stereocenters. The number of benzene rings is 1. The molecule has 1 aliphatic rings. The predicted octanol–water partition coefficient (Wildman–Crippen LogP) is 3.25. The van der Waals surface area contributed by atoms with Crippen LogP contribution in [0.15, 0.2) is 21.8 Å². The second-order valence-electron chi connectivity index (χ2n) is 4.66. The van der Waals surface area contributed by atoms with Gasteiger partial charge in [-0.3, -0.25) is 0 Å². The van der Waals surface area contributed by atoms with Crippen molar-refractivity contribution in [3.8, 4) is 5.75 Å². The van der Waals surface area contributed by atoms with Gasteiger partial charge in [-0.05, 0) is 40.4 Å². The second kappa shape index (κ2) is 6.23. The molecular formula is C13H16BrFN2O2.